The van der Waals surface area contributed by atoms with E-state index in [0.29, 0.717) is 30.4 Å². The van der Waals surface area contributed by atoms with Crippen LogP contribution in [0.25, 0.3) is 10.2 Å². The number of aryl methyl sites for hydroxylation is 1. The Hall–Kier alpha value is -3.08. The van der Waals surface area contributed by atoms with Crippen molar-refractivity contribution >= 4 is 44.7 Å². The first-order valence-corrected chi connectivity index (χ1v) is 12.5. The van der Waals surface area contributed by atoms with Gasteiger partial charge in [-0.3, -0.25) is 4.68 Å². The summed E-state index contributed by atoms with van der Waals surface area (Å²) >= 11 is 1.55. The van der Waals surface area contributed by atoms with Gasteiger partial charge in [-0.1, -0.05) is 12.1 Å². The van der Waals surface area contributed by atoms with E-state index < -0.39 is 11.8 Å². The number of benzene rings is 1. The van der Waals surface area contributed by atoms with Crippen molar-refractivity contribution in [2.45, 2.75) is 45.0 Å². The normalized spacial score (nSPS) is 19.3. The Morgan fingerprint density at radius 2 is 2.03 bits per heavy atom. The molecule has 0 spiro atoms. The van der Waals surface area contributed by atoms with Gasteiger partial charge in [-0.2, -0.15) is 10.1 Å². The Bertz CT molecular complexity index is 1350. The predicted octanol–water partition coefficient (Wildman–Crippen LogP) is 5.13. The summed E-state index contributed by atoms with van der Waals surface area (Å²) in [6, 6.07) is 7.39. The summed E-state index contributed by atoms with van der Waals surface area (Å²) < 4.78 is 16.3. The summed E-state index contributed by atoms with van der Waals surface area (Å²) in [6.45, 7) is 6.81. The summed E-state index contributed by atoms with van der Waals surface area (Å²) in [4.78, 5) is 12.3. The summed E-state index contributed by atoms with van der Waals surface area (Å²) in [5.41, 5.74) is 2.47. The second kappa shape index (κ2) is 9.18. The van der Waals surface area contributed by atoms with E-state index in [1.807, 2.05) is 49.3 Å². The Balaban J connectivity index is 1.42. The van der Waals surface area contributed by atoms with Crippen LogP contribution in [0.5, 0.6) is 0 Å². The number of hydrogen-bond acceptors (Lipinski definition) is 8. The lowest BCUT2D eigenvalue weighted by molar-refractivity contribution is 0.0786. The number of nitrogens with zero attached hydrogens (tertiary/aromatic N) is 5. The van der Waals surface area contributed by atoms with E-state index in [4.69, 9.17) is 9.97 Å². The minimum absolute atomic E-state index is 0.273. The van der Waals surface area contributed by atoms with E-state index in [2.05, 4.69) is 21.1 Å². The zero-order valence-electron chi connectivity index (χ0n) is 20.3. The van der Waals surface area contributed by atoms with Crippen molar-refractivity contribution in [1.82, 2.24) is 24.6 Å². The van der Waals surface area contributed by atoms with Gasteiger partial charge in [0.1, 0.15) is 16.8 Å². The molecule has 4 heterocycles. The van der Waals surface area contributed by atoms with Crippen molar-refractivity contribution in [2.24, 2.45) is 0 Å². The highest BCUT2D eigenvalue weighted by Crippen LogP contribution is 2.34. The third-order valence-corrected chi connectivity index (χ3v) is 7.35. The summed E-state index contributed by atoms with van der Waals surface area (Å²) in [5.74, 6) is 1.11. The molecule has 2 atom stereocenters. The Kier molecular flexibility index (Phi) is 6.20. The first kappa shape index (κ1) is 23.7. The van der Waals surface area contributed by atoms with Crippen molar-refractivity contribution in [3.63, 3.8) is 0 Å². The Labute approximate surface area is 207 Å². The topological polar surface area (TPSA) is 91.1 Å². The third kappa shape index (κ3) is 5.00. The zero-order valence-corrected chi connectivity index (χ0v) is 21.1. The number of nitrogens with one attached hydrogen (secondary N) is 2. The van der Waals surface area contributed by atoms with Crippen LogP contribution in [0.1, 0.15) is 37.4 Å². The molecule has 5 rings (SSSR count). The molecular weight excluding hydrogens is 465 g/mol. The summed E-state index contributed by atoms with van der Waals surface area (Å²) in [5, 5.41) is 24.5. The number of anilines is 4. The smallest absolute Gasteiger partial charge is 0.230 e. The molecule has 4 aromatic rings. The van der Waals surface area contributed by atoms with Crippen LogP contribution in [-0.2, 0) is 5.60 Å². The van der Waals surface area contributed by atoms with E-state index in [0.717, 1.165) is 33.6 Å². The fraction of sp³-hybridized carbons (Fsp3) is 0.400. The van der Waals surface area contributed by atoms with Gasteiger partial charge >= 0.3 is 0 Å². The van der Waals surface area contributed by atoms with Gasteiger partial charge in [-0.05, 0) is 62.9 Å². The highest BCUT2D eigenvalue weighted by molar-refractivity contribution is 7.17. The molecule has 0 radical (unpaired) electrons. The molecule has 0 saturated carbocycles. The maximum atomic E-state index is 14.6. The van der Waals surface area contributed by atoms with Crippen LogP contribution >= 0.6 is 11.3 Å². The third-order valence-electron chi connectivity index (χ3n) is 6.36. The average molecular weight is 496 g/mol. The van der Waals surface area contributed by atoms with Crippen molar-refractivity contribution in [3.05, 3.63) is 53.2 Å². The number of halogens is 1. The van der Waals surface area contributed by atoms with E-state index in [1.54, 1.807) is 36.1 Å². The molecule has 3 N–H and O–H groups in total. The lowest BCUT2D eigenvalue weighted by Crippen LogP contribution is -2.40. The molecule has 1 aromatic carbocycles. The molecule has 0 unspecified atom stereocenters. The summed E-state index contributed by atoms with van der Waals surface area (Å²) in [7, 11) is 1.94. The monoisotopic (exact) mass is 495 g/mol. The van der Waals surface area contributed by atoms with Gasteiger partial charge in [0.25, 0.3) is 0 Å². The molecule has 1 aliphatic heterocycles. The molecule has 8 nitrogen and oxygen atoms in total. The van der Waals surface area contributed by atoms with Crippen molar-refractivity contribution in [1.29, 1.82) is 0 Å². The number of alkyl halides is 1. The highest BCUT2D eigenvalue weighted by Gasteiger charge is 2.29. The first-order valence-electron chi connectivity index (χ1n) is 11.7. The average Bonchev–Trinajstić information content (AvgIpc) is 3.40. The standard InChI is InChI=1S/C25H30FN7OS/c1-15-14-35-23-21(15)22(28-17-7-5-6-16(10-17)25(2,3)34)30-24(31-23)29-18-11-27-33(12-18)20-8-9-32(4)13-19(20)26/h5-7,10-12,14,19-20,34H,8-9,13H2,1-4H3,(H2,28,29,30,31)/t19-,20+/m0/s1. The molecule has 1 saturated heterocycles. The number of thiophene rings is 1. The number of aromatic nitrogens is 4. The van der Waals surface area contributed by atoms with Crippen LogP contribution in [0.3, 0.4) is 0 Å². The number of likely N-dealkylation sites (tertiary alicyclic amines) is 1. The van der Waals surface area contributed by atoms with E-state index >= 15 is 0 Å². The second-order valence-electron chi connectivity index (χ2n) is 9.73. The number of rotatable bonds is 6. The SMILES string of the molecule is Cc1csc2nc(Nc3cnn([C@@H]4CCN(C)C[C@@H]4F)c3)nc(Nc3cccc(C(C)(C)O)c3)c12. The van der Waals surface area contributed by atoms with Crippen LogP contribution in [0.4, 0.5) is 27.5 Å². The fourth-order valence-electron chi connectivity index (χ4n) is 4.40. The number of fused-ring (bicyclic) bond motifs is 1. The van der Waals surface area contributed by atoms with Crippen molar-refractivity contribution in [3.8, 4) is 0 Å². The van der Waals surface area contributed by atoms with E-state index in [1.165, 1.54) is 0 Å². The van der Waals surface area contributed by atoms with Gasteiger partial charge in [-0.25, -0.2) is 9.37 Å². The molecule has 35 heavy (non-hydrogen) atoms. The molecule has 0 bridgehead atoms. The molecule has 184 valence electrons. The largest absolute Gasteiger partial charge is 0.386 e. The van der Waals surface area contributed by atoms with Gasteiger partial charge in [0.15, 0.2) is 0 Å². The molecule has 1 aliphatic rings. The maximum absolute atomic E-state index is 14.6. The first-order chi connectivity index (χ1) is 16.7. The van der Waals surface area contributed by atoms with Gasteiger partial charge in [0.05, 0.1) is 28.9 Å². The van der Waals surface area contributed by atoms with Gasteiger partial charge < -0.3 is 20.6 Å². The molecular formula is C25H30FN7OS. The Morgan fingerprint density at radius 3 is 2.80 bits per heavy atom. The lowest BCUT2D eigenvalue weighted by atomic mass is 9.98. The highest BCUT2D eigenvalue weighted by atomic mass is 32.1. The van der Waals surface area contributed by atoms with Crippen LogP contribution in [0.2, 0.25) is 0 Å². The van der Waals surface area contributed by atoms with Crippen LogP contribution in [0.15, 0.2) is 42.0 Å². The number of piperidine rings is 1. The molecule has 1 fully saturated rings. The van der Waals surface area contributed by atoms with Crippen LogP contribution in [-0.4, -0.2) is 56.1 Å². The second-order valence-corrected chi connectivity index (χ2v) is 10.6. The lowest BCUT2D eigenvalue weighted by Gasteiger charge is -2.32. The van der Waals surface area contributed by atoms with Crippen LogP contribution in [0, 0.1) is 6.92 Å². The van der Waals surface area contributed by atoms with Gasteiger partial charge in [-0.15, -0.1) is 11.3 Å². The van der Waals surface area contributed by atoms with Gasteiger partial charge in [0.2, 0.25) is 5.95 Å². The fourth-order valence-corrected chi connectivity index (χ4v) is 5.32. The number of hydrogen-bond donors (Lipinski definition) is 3. The molecule has 10 heteroatoms. The minimum Gasteiger partial charge on any atom is -0.386 e. The predicted molar refractivity (Wildman–Crippen MR) is 139 cm³/mol. The maximum Gasteiger partial charge on any atom is 0.230 e. The number of aliphatic hydroxyl groups is 1. The van der Waals surface area contributed by atoms with E-state index in [-0.39, 0.29) is 6.04 Å². The minimum atomic E-state index is -0.960. The molecule has 3 aromatic heterocycles. The molecule has 0 aliphatic carbocycles. The van der Waals surface area contributed by atoms with Gasteiger partial charge in [0, 0.05) is 25.0 Å². The van der Waals surface area contributed by atoms with Crippen molar-refractivity contribution < 1.29 is 9.50 Å². The zero-order chi connectivity index (χ0) is 24.7. The molecule has 0 amide bonds. The van der Waals surface area contributed by atoms with Crippen LogP contribution < -0.4 is 10.6 Å². The quantitative estimate of drug-likeness (QED) is 0.342. The summed E-state index contributed by atoms with van der Waals surface area (Å²) in [6.07, 6.45) is 3.25. The van der Waals surface area contributed by atoms with E-state index in [9.17, 15) is 9.50 Å². The van der Waals surface area contributed by atoms with Crippen molar-refractivity contribution in [2.75, 3.05) is 30.8 Å². The Morgan fingerprint density at radius 1 is 1.20 bits per heavy atom.